The van der Waals surface area contributed by atoms with Gasteiger partial charge in [-0.1, -0.05) is 0 Å². The number of aliphatic carboxylic acids is 3. The van der Waals surface area contributed by atoms with E-state index in [1.807, 2.05) is 0 Å². The van der Waals surface area contributed by atoms with Crippen LogP contribution in [0.2, 0.25) is 0 Å². The first kappa shape index (κ1) is 15.3. The van der Waals surface area contributed by atoms with Crippen molar-refractivity contribution in [1.82, 2.24) is 0 Å². The number of hydrogen-bond donors (Lipinski definition) is 3. The summed E-state index contributed by atoms with van der Waals surface area (Å²) in [6.45, 7) is 0. The van der Waals surface area contributed by atoms with Crippen LogP contribution in [0.5, 0.6) is 0 Å². The van der Waals surface area contributed by atoms with Gasteiger partial charge in [0.15, 0.2) is 0 Å². The minimum Gasteiger partial charge on any atom is -0.481 e. The Bertz CT molecular complexity index is 455. The second kappa shape index (κ2) is 4.70. The summed E-state index contributed by atoms with van der Waals surface area (Å²) in [6.07, 6.45) is 4.39. The van der Waals surface area contributed by atoms with E-state index in [0.717, 1.165) is 19.3 Å². The molecule has 0 aromatic rings. The number of carboxylic acids is 3. The summed E-state index contributed by atoms with van der Waals surface area (Å²) in [5, 5.41) is 27.8. The van der Waals surface area contributed by atoms with Crippen molar-refractivity contribution in [3.05, 3.63) is 0 Å². The Morgan fingerprint density at radius 2 is 0.955 bits per heavy atom. The van der Waals surface area contributed by atoms with E-state index in [-0.39, 0.29) is 25.2 Å². The molecular formula is C16H22O6. The first-order valence-electron chi connectivity index (χ1n) is 7.81. The van der Waals surface area contributed by atoms with Crippen LogP contribution in [0.4, 0.5) is 0 Å². The number of hydrogen-bond acceptors (Lipinski definition) is 3. The summed E-state index contributed by atoms with van der Waals surface area (Å²) in [5.41, 5.74) is -1.22. The zero-order valence-electron chi connectivity index (χ0n) is 12.5. The summed E-state index contributed by atoms with van der Waals surface area (Å²) < 4.78 is 0. The van der Waals surface area contributed by atoms with Gasteiger partial charge in [-0.15, -0.1) is 0 Å². The zero-order valence-corrected chi connectivity index (χ0v) is 12.5. The lowest BCUT2D eigenvalue weighted by molar-refractivity contribution is -0.185. The Kier molecular flexibility index (Phi) is 3.27. The van der Waals surface area contributed by atoms with E-state index in [9.17, 15) is 29.7 Å². The topological polar surface area (TPSA) is 112 Å². The molecule has 0 aliphatic heterocycles. The standard InChI is InChI=1S/C16H22O6/c17-11(18)4-14-1-10-2-15(7-14,5-12(19)20)9-16(3-10,8-14)6-13(21)22/h10H,1-9H2,(H,17,18)(H,19,20)(H,21,22). The van der Waals surface area contributed by atoms with Gasteiger partial charge in [-0.05, 0) is 60.7 Å². The van der Waals surface area contributed by atoms with Gasteiger partial charge in [0, 0.05) is 0 Å². The Balaban J connectivity index is 1.97. The first-order chi connectivity index (χ1) is 10.2. The molecule has 4 rings (SSSR count). The van der Waals surface area contributed by atoms with Crippen molar-refractivity contribution in [1.29, 1.82) is 0 Å². The number of rotatable bonds is 6. The molecule has 0 amide bonds. The lowest BCUT2D eigenvalue weighted by atomic mass is 9.38. The van der Waals surface area contributed by atoms with E-state index in [4.69, 9.17) is 0 Å². The van der Waals surface area contributed by atoms with E-state index >= 15 is 0 Å². The fourth-order valence-electron chi connectivity index (χ4n) is 6.61. The van der Waals surface area contributed by atoms with Crippen LogP contribution in [0, 0.1) is 22.2 Å². The van der Waals surface area contributed by atoms with Gasteiger partial charge in [0.25, 0.3) is 0 Å². The normalized spacial score (nSPS) is 42.3. The van der Waals surface area contributed by atoms with Crippen molar-refractivity contribution in [3.8, 4) is 0 Å². The highest BCUT2D eigenvalue weighted by atomic mass is 16.4. The number of carbonyl (C=O) groups is 3. The lowest BCUT2D eigenvalue weighted by Crippen LogP contribution is -2.58. The first-order valence-corrected chi connectivity index (χ1v) is 7.81. The summed E-state index contributed by atoms with van der Waals surface area (Å²) in [4.78, 5) is 33.9. The van der Waals surface area contributed by atoms with Crippen LogP contribution in [0.15, 0.2) is 0 Å². The average Bonchev–Trinajstić information content (AvgIpc) is 2.19. The molecule has 22 heavy (non-hydrogen) atoms. The fourth-order valence-corrected chi connectivity index (χ4v) is 6.61. The number of carboxylic acid groups (broad SMARTS) is 3. The smallest absolute Gasteiger partial charge is 0.303 e. The largest absolute Gasteiger partial charge is 0.481 e. The maximum Gasteiger partial charge on any atom is 0.303 e. The van der Waals surface area contributed by atoms with Gasteiger partial charge >= 0.3 is 17.9 Å². The third-order valence-electron chi connectivity index (χ3n) is 5.99. The SMILES string of the molecule is O=C(O)CC12CC3CC(CC(=O)O)(C1)CC(CC(=O)O)(C3)C2. The van der Waals surface area contributed by atoms with Crippen LogP contribution in [0.3, 0.4) is 0 Å². The molecule has 0 aromatic carbocycles. The molecule has 4 saturated carbocycles. The average molecular weight is 310 g/mol. The lowest BCUT2D eigenvalue weighted by Gasteiger charge is -2.66. The van der Waals surface area contributed by atoms with Crippen molar-refractivity contribution >= 4 is 17.9 Å². The molecule has 0 radical (unpaired) electrons. The molecule has 0 spiro atoms. The molecule has 4 bridgehead atoms. The maximum atomic E-state index is 11.3. The molecule has 0 heterocycles. The van der Waals surface area contributed by atoms with E-state index in [1.165, 1.54) is 0 Å². The minimum absolute atomic E-state index is 0.0340. The maximum absolute atomic E-state index is 11.3. The van der Waals surface area contributed by atoms with Crippen molar-refractivity contribution in [2.75, 3.05) is 0 Å². The Hall–Kier alpha value is -1.59. The van der Waals surface area contributed by atoms with Crippen molar-refractivity contribution < 1.29 is 29.7 Å². The van der Waals surface area contributed by atoms with E-state index in [1.54, 1.807) is 0 Å². The predicted molar refractivity (Wildman–Crippen MR) is 75.2 cm³/mol. The van der Waals surface area contributed by atoms with Gasteiger partial charge in [0.05, 0.1) is 19.3 Å². The van der Waals surface area contributed by atoms with Crippen molar-refractivity contribution in [2.24, 2.45) is 22.2 Å². The molecule has 4 fully saturated rings. The molecule has 0 aromatic heterocycles. The van der Waals surface area contributed by atoms with Gasteiger partial charge in [0.2, 0.25) is 0 Å². The highest BCUT2D eigenvalue weighted by Gasteiger charge is 2.64. The van der Waals surface area contributed by atoms with Gasteiger partial charge in [-0.3, -0.25) is 14.4 Å². The van der Waals surface area contributed by atoms with Gasteiger partial charge < -0.3 is 15.3 Å². The monoisotopic (exact) mass is 310 g/mol. The molecule has 0 unspecified atom stereocenters. The predicted octanol–water partition coefficient (Wildman–Crippen LogP) is 2.37. The molecule has 0 saturated heterocycles. The Morgan fingerprint density at radius 3 is 1.18 bits per heavy atom. The van der Waals surface area contributed by atoms with Crippen LogP contribution in [-0.2, 0) is 14.4 Å². The minimum atomic E-state index is -0.863. The quantitative estimate of drug-likeness (QED) is 0.694. The highest BCUT2D eigenvalue weighted by Crippen LogP contribution is 2.72. The third-order valence-corrected chi connectivity index (χ3v) is 5.99. The highest BCUT2D eigenvalue weighted by molar-refractivity contribution is 5.70. The molecule has 122 valence electrons. The van der Waals surface area contributed by atoms with Gasteiger partial charge in [0.1, 0.15) is 0 Å². The third kappa shape index (κ3) is 2.59. The van der Waals surface area contributed by atoms with E-state index < -0.39 is 34.2 Å². The Labute approximate surface area is 128 Å². The molecule has 0 atom stereocenters. The Morgan fingerprint density at radius 1 is 0.682 bits per heavy atom. The molecule has 4 aliphatic rings. The van der Waals surface area contributed by atoms with E-state index in [0.29, 0.717) is 19.3 Å². The summed E-state index contributed by atoms with van der Waals surface area (Å²) in [6, 6.07) is 0. The molecule has 3 N–H and O–H groups in total. The summed E-state index contributed by atoms with van der Waals surface area (Å²) >= 11 is 0. The summed E-state index contributed by atoms with van der Waals surface area (Å²) in [7, 11) is 0. The second-order valence-corrected chi connectivity index (χ2v) is 8.22. The molecular weight excluding hydrogens is 288 g/mol. The second-order valence-electron chi connectivity index (χ2n) is 8.22. The van der Waals surface area contributed by atoms with Gasteiger partial charge in [-0.2, -0.15) is 0 Å². The zero-order chi connectivity index (χ0) is 16.2. The molecule has 6 heteroatoms. The van der Waals surface area contributed by atoms with Crippen LogP contribution in [0.25, 0.3) is 0 Å². The van der Waals surface area contributed by atoms with Crippen LogP contribution in [0.1, 0.15) is 57.8 Å². The molecule has 6 nitrogen and oxygen atoms in total. The van der Waals surface area contributed by atoms with Crippen LogP contribution >= 0.6 is 0 Å². The van der Waals surface area contributed by atoms with Crippen LogP contribution < -0.4 is 0 Å². The molecule has 4 aliphatic carbocycles. The fraction of sp³-hybridized carbons (Fsp3) is 0.812. The van der Waals surface area contributed by atoms with Crippen LogP contribution in [-0.4, -0.2) is 33.2 Å². The van der Waals surface area contributed by atoms with Gasteiger partial charge in [-0.25, -0.2) is 0 Å². The summed E-state index contributed by atoms with van der Waals surface area (Å²) in [5.74, 6) is -2.32. The van der Waals surface area contributed by atoms with Crippen molar-refractivity contribution in [2.45, 2.75) is 57.8 Å². The van der Waals surface area contributed by atoms with E-state index in [2.05, 4.69) is 0 Å². The van der Waals surface area contributed by atoms with Crippen molar-refractivity contribution in [3.63, 3.8) is 0 Å².